The van der Waals surface area contributed by atoms with Crippen molar-refractivity contribution in [3.05, 3.63) is 22.8 Å². The molecule has 0 aliphatic heterocycles. The van der Waals surface area contributed by atoms with Crippen molar-refractivity contribution in [2.75, 3.05) is 18.5 Å². The maximum atomic E-state index is 8.88. The van der Waals surface area contributed by atoms with Crippen LogP contribution >= 0.6 is 11.6 Å². The van der Waals surface area contributed by atoms with E-state index in [4.69, 9.17) is 16.7 Å². The molecule has 0 aliphatic rings. The number of nitrogens with zero attached hydrogens (tertiary/aromatic N) is 2. The van der Waals surface area contributed by atoms with Crippen LogP contribution in [0.1, 0.15) is 18.9 Å². The number of halogens is 1. The summed E-state index contributed by atoms with van der Waals surface area (Å²) in [4.78, 5) is 6.21. The van der Waals surface area contributed by atoms with Crippen LogP contribution in [0.15, 0.2) is 12.3 Å². The first kappa shape index (κ1) is 11.3. The Balaban J connectivity index is 2.88. The molecule has 0 fully saturated rings. The minimum Gasteiger partial charge on any atom is -0.392 e. The van der Waals surface area contributed by atoms with Crippen LogP contribution in [0.5, 0.6) is 0 Å². The molecule has 78 valence electrons. The minimum absolute atomic E-state index is 0.0233. The summed E-state index contributed by atoms with van der Waals surface area (Å²) >= 11 is 6.02. The van der Waals surface area contributed by atoms with Gasteiger partial charge in [0, 0.05) is 19.8 Å². The lowest BCUT2D eigenvalue weighted by atomic mass is 10.3. The third kappa shape index (κ3) is 2.59. The van der Waals surface area contributed by atoms with Crippen molar-refractivity contribution in [1.82, 2.24) is 4.98 Å². The molecular formula is C10H15ClN2O. The second kappa shape index (κ2) is 5.17. The number of aliphatic hydroxyl groups excluding tert-OH is 1. The molecule has 1 rings (SSSR count). The lowest BCUT2D eigenvalue weighted by Gasteiger charge is -2.18. The lowest BCUT2D eigenvalue weighted by Crippen LogP contribution is -2.19. The second-order valence-electron chi connectivity index (χ2n) is 3.23. The van der Waals surface area contributed by atoms with Crippen LogP contribution in [0, 0.1) is 0 Å². The van der Waals surface area contributed by atoms with E-state index in [-0.39, 0.29) is 6.61 Å². The van der Waals surface area contributed by atoms with E-state index in [0.717, 1.165) is 24.3 Å². The van der Waals surface area contributed by atoms with Crippen molar-refractivity contribution >= 4 is 17.4 Å². The Labute approximate surface area is 89.3 Å². The van der Waals surface area contributed by atoms with E-state index in [1.807, 2.05) is 11.9 Å². The zero-order chi connectivity index (χ0) is 10.6. The lowest BCUT2D eigenvalue weighted by molar-refractivity contribution is 0.281. The van der Waals surface area contributed by atoms with Gasteiger partial charge in [-0.25, -0.2) is 4.98 Å². The highest BCUT2D eigenvalue weighted by Gasteiger charge is 2.07. The van der Waals surface area contributed by atoms with Crippen molar-refractivity contribution < 1.29 is 5.11 Å². The molecule has 0 aliphatic carbocycles. The minimum atomic E-state index is -0.0233. The summed E-state index contributed by atoms with van der Waals surface area (Å²) in [6.07, 6.45) is 2.70. The molecule has 1 aromatic rings. The molecule has 1 heterocycles. The van der Waals surface area contributed by atoms with Crippen molar-refractivity contribution in [3.63, 3.8) is 0 Å². The summed E-state index contributed by atoms with van der Waals surface area (Å²) in [7, 11) is 1.95. The smallest absolute Gasteiger partial charge is 0.147 e. The van der Waals surface area contributed by atoms with Crippen LogP contribution in [0.25, 0.3) is 0 Å². The number of hydrogen-bond donors (Lipinski definition) is 1. The molecule has 0 amide bonds. The van der Waals surface area contributed by atoms with E-state index in [2.05, 4.69) is 11.9 Å². The van der Waals surface area contributed by atoms with Gasteiger partial charge in [-0.1, -0.05) is 18.5 Å². The van der Waals surface area contributed by atoms with Gasteiger partial charge in [-0.2, -0.15) is 0 Å². The average molecular weight is 215 g/mol. The molecule has 4 heteroatoms. The van der Waals surface area contributed by atoms with E-state index >= 15 is 0 Å². The summed E-state index contributed by atoms with van der Waals surface area (Å²) in [5.74, 6) is 0.769. The second-order valence-corrected chi connectivity index (χ2v) is 3.64. The zero-order valence-electron chi connectivity index (χ0n) is 8.50. The normalized spacial score (nSPS) is 10.3. The molecule has 0 saturated carbocycles. The number of rotatable bonds is 4. The Morgan fingerprint density at radius 2 is 2.29 bits per heavy atom. The predicted molar refractivity (Wildman–Crippen MR) is 58.7 cm³/mol. The van der Waals surface area contributed by atoms with Gasteiger partial charge in [0.2, 0.25) is 0 Å². The van der Waals surface area contributed by atoms with Gasteiger partial charge < -0.3 is 10.0 Å². The first-order valence-electron chi connectivity index (χ1n) is 4.65. The van der Waals surface area contributed by atoms with Gasteiger partial charge in [-0.05, 0) is 18.1 Å². The monoisotopic (exact) mass is 214 g/mol. The highest BCUT2D eigenvalue weighted by Crippen LogP contribution is 2.23. The van der Waals surface area contributed by atoms with Crippen molar-refractivity contribution in [2.45, 2.75) is 20.0 Å². The fourth-order valence-electron chi connectivity index (χ4n) is 1.28. The van der Waals surface area contributed by atoms with Crippen LogP contribution < -0.4 is 4.90 Å². The van der Waals surface area contributed by atoms with Gasteiger partial charge >= 0.3 is 0 Å². The Bertz CT molecular complexity index is 304. The third-order valence-electron chi connectivity index (χ3n) is 1.98. The van der Waals surface area contributed by atoms with Gasteiger partial charge in [0.25, 0.3) is 0 Å². The summed E-state index contributed by atoms with van der Waals surface area (Å²) in [6, 6.07) is 1.75. The molecule has 1 N–H and O–H groups in total. The molecule has 0 saturated heterocycles. The maximum Gasteiger partial charge on any atom is 0.147 e. The zero-order valence-corrected chi connectivity index (χ0v) is 9.25. The van der Waals surface area contributed by atoms with Crippen LogP contribution in [0.3, 0.4) is 0 Å². The van der Waals surface area contributed by atoms with Gasteiger partial charge in [0.15, 0.2) is 0 Å². The first-order chi connectivity index (χ1) is 6.69. The van der Waals surface area contributed by atoms with Crippen molar-refractivity contribution in [1.29, 1.82) is 0 Å². The molecule has 1 aromatic heterocycles. The van der Waals surface area contributed by atoms with Gasteiger partial charge in [-0.3, -0.25) is 0 Å². The van der Waals surface area contributed by atoms with E-state index < -0.39 is 0 Å². The van der Waals surface area contributed by atoms with Crippen LogP contribution in [-0.4, -0.2) is 23.7 Å². The van der Waals surface area contributed by atoms with Gasteiger partial charge in [0.05, 0.1) is 11.6 Å². The Morgan fingerprint density at radius 1 is 1.57 bits per heavy atom. The topological polar surface area (TPSA) is 36.4 Å². The highest BCUT2D eigenvalue weighted by atomic mass is 35.5. The Morgan fingerprint density at radius 3 is 2.79 bits per heavy atom. The number of aliphatic hydroxyl groups is 1. The fraction of sp³-hybridized carbons (Fsp3) is 0.500. The number of aromatic nitrogens is 1. The largest absolute Gasteiger partial charge is 0.392 e. The van der Waals surface area contributed by atoms with Gasteiger partial charge in [-0.15, -0.1) is 0 Å². The molecule has 0 spiro atoms. The van der Waals surface area contributed by atoms with Crippen LogP contribution in [0.2, 0.25) is 5.02 Å². The Kier molecular flexibility index (Phi) is 4.17. The maximum absolute atomic E-state index is 8.88. The highest BCUT2D eigenvalue weighted by molar-refractivity contribution is 6.33. The Hall–Kier alpha value is -0.800. The number of pyridine rings is 1. The molecule has 3 nitrogen and oxygen atoms in total. The van der Waals surface area contributed by atoms with Crippen LogP contribution in [-0.2, 0) is 6.61 Å². The number of anilines is 1. The standard InChI is InChI=1S/C10H15ClN2O/c1-3-4-13(2)10-9(11)5-8(7-14)6-12-10/h5-6,14H,3-4,7H2,1-2H3. The summed E-state index contributed by atoms with van der Waals surface area (Å²) in [5.41, 5.74) is 0.739. The summed E-state index contributed by atoms with van der Waals surface area (Å²) < 4.78 is 0. The van der Waals surface area contributed by atoms with Gasteiger partial charge in [0.1, 0.15) is 5.82 Å². The predicted octanol–water partition coefficient (Wildman–Crippen LogP) is 2.07. The van der Waals surface area contributed by atoms with Crippen LogP contribution in [0.4, 0.5) is 5.82 Å². The fourth-order valence-corrected chi connectivity index (χ4v) is 1.61. The number of hydrogen-bond acceptors (Lipinski definition) is 3. The quantitative estimate of drug-likeness (QED) is 0.834. The molecule has 0 aromatic carbocycles. The van der Waals surface area contributed by atoms with E-state index in [0.29, 0.717) is 5.02 Å². The molecule has 0 radical (unpaired) electrons. The molecule has 14 heavy (non-hydrogen) atoms. The molecule has 0 atom stereocenters. The summed E-state index contributed by atoms with van der Waals surface area (Å²) in [6.45, 7) is 3.00. The molecule has 0 bridgehead atoms. The van der Waals surface area contributed by atoms with E-state index in [1.165, 1.54) is 0 Å². The molecular weight excluding hydrogens is 200 g/mol. The molecule has 0 unspecified atom stereocenters. The first-order valence-corrected chi connectivity index (χ1v) is 5.03. The summed E-state index contributed by atoms with van der Waals surface area (Å²) in [5, 5.41) is 9.47. The van der Waals surface area contributed by atoms with Crippen molar-refractivity contribution in [3.8, 4) is 0 Å². The van der Waals surface area contributed by atoms with Crippen molar-refractivity contribution in [2.24, 2.45) is 0 Å². The SMILES string of the molecule is CCCN(C)c1ncc(CO)cc1Cl. The average Bonchev–Trinajstić information content (AvgIpc) is 2.17. The van der Waals surface area contributed by atoms with E-state index in [9.17, 15) is 0 Å². The third-order valence-corrected chi connectivity index (χ3v) is 2.26. The van der Waals surface area contributed by atoms with E-state index in [1.54, 1.807) is 12.3 Å².